The Morgan fingerprint density at radius 1 is 1.47 bits per heavy atom. The summed E-state index contributed by atoms with van der Waals surface area (Å²) in [6, 6.07) is 2.00. The van der Waals surface area contributed by atoms with Crippen molar-refractivity contribution in [1.29, 1.82) is 5.41 Å². The molecule has 0 radical (unpaired) electrons. The minimum Gasteiger partial charge on any atom is -0.392 e. The average Bonchev–Trinajstić information content (AvgIpc) is 2.14. The molecule has 0 fully saturated rings. The molecule has 0 aliphatic heterocycles. The quantitative estimate of drug-likeness (QED) is 0.547. The molecule has 0 spiro atoms. The normalized spacial score (nSPS) is 12.3. The Balaban J connectivity index is 3.13. The van der Waals surface area contributed by atoms with Gasteiger partial charge in [0, 0.05) is 19.2 Å². The van der Waals surface area contributed by atoms with Crippen LogP contribution in [0.4, 0.5) is 14.5 Å². The van der Waals surface area contributed by atoms with E-state index in [0.717, 1.165) is 12.1 Å². The second kappa shape index (κ2) is 5.09. The van der Waals surface area contributed by atoms with E-state index >= 15 is 0 Å². The van der Waals surface area contributed by atoms with Crippen molar-refractivity contribution in [3.8, 4) is 0 Å². The molecule has 0 aromatic heterocycles. The summed E-state index contributed by atoms with van der Waals surface area (Å²) in [5, 5.41) is 16.3. The first kappa shape index (κ1) is 13.4. The van der Waals surface area contributed by atoms with Crippen molar-refractivity contribution in [3.05, 3.63) is 29.3 Å². The predicted octanol–water partition coefficient (Wildman–Crippen LogP) is 1.07. The number of nitrogens with zero attached hydrogens (tertiary/aromatic N) is 1. The van der Waals surface area contributed by atoms with Gasteiger partial charge in [-0.25, -0.2) is 8.78 Å². The number of aliphatic hydroxyl groups excluding tert-OH is 1. The van der Waals surface area contributed by atoms with Crippen molar-refractivity contribution < 1.29 is 13.9 Å². The molecular weight excluding hydrogens is 228 g/mol. The van der Waals surface area contributed by atoms with E-state index in [1.54, 1.807) is 0 Å². The topological polar surface area (TPSA) is 73.3 Å². The lowest BCUT2D eigenvalue weighted by molar-refractivity contribution is 0.201. The van der Waals surface area contributed by atoms with E-state index in [1.807, 2.05) is 0 Å². The molecular formula is C11H15F2N3O. The molecule has 4 nitrogen and oxygen atoms in total. The molecule has 1 aromatic rings. The molecule has 0 heterocycles. The zero-order valence-corrected chi connectivity index (χ0v) is 9.67. The van der Waals surface area contributed by atoms with Gasteiger partial charge in [0.25, 0.3) is 0 Å². The molecule has 1 aromatic carbocycles. The smallest absolute Gasteiger partial charge is 0.150 e. The van der Waals surface area contributed by atoms with Gasteiger partial charge in [-0.2, -0.15) is 0 Å². The van der Waals surface area contributed by atoms with E-state index in [4.69, 9.17) is 16.2 Å². The van der Waals surface area contributed by atoms with Crippen molar-refractivity contribution in [3.63, 3.8) is 0 Å². The third kappa shape index (κ3) is 3.13. The van der Waals surface area contributed by atoms with Gasteiger partial charge in [-0.05, 0) is 19.1 Å². The van der Waals surface area contributed by atoms with Gasteiger partial charge in [0.2, 0.25) is 0 Å². The third-order valence-corrected chi connectivity index (χ3v) is 2.25. The molecule has 0 saturated heterocycles. The van der Waals surface area contributed by atoms with Crippen LogP contribution in [0.1, 0.15) is 12.5 Å². The second-order valence-electron chi connectivity index (χ2n) is 3.93. The molecule has 0 saturated carbocycles. The van der Waals surface area contributed by atoms with E-state index in [-0.39, 0.29) is 17.8 Å². The van der Waals surface area contributed by atoms with Crippen LogP contribution in [0.25, 0.3) is 0 Å². The number of amidine groups is 1. The van der Waals surface area contributed by atoms with Crippen molar-refractivity contribution in [2.24, 2.45) is 5.73 Å². The van der Waals surface area contributed by atoms with E-state index in [1.165, 1.54) is 18.9 Å². The number of anilines is 1. The van der Waals surface area contributed by atoms with Gasteiger partial charge in [-0.15, -0.1) is 0 Å². The summed E-state index contributed by atoms with van der Waals surface area (Å²) in [7, 11) is 1.47. The van der Waals surface area contributed by atoms with Crippen LogP contribution in [0.15, 0.2) is 12.1 Å². The highest BCUT2D eigenvalue weighted by atomic mass is 19.1. The van der Waals surface area contributed by atoms with Crippen molar-refractivity contribution in [1.82, 2.24) is 0 Å². The van der Waals surface area contributed by atoms with Crippen molar-refractivity contribution in [2.75, 3.05) is 18.5 Å². The number of halogens is 2. The summed E-state index contributed by atoms with van der Waals surface area (Å²) in [5.41, 5.74) is 4.91. The fourth-order valence-corrected chi connectivity index (χ4v) is 1.57. The molecule has 1 atom stereocenters. The van der Waals surface area contributed by atoms with Gasteiger partial charge >= 0.3 is 0 Å². The first-order valence-corrected chi connectivity index (χ1v) is 5.05. The minimum absolute atomic E-state index is 0.00537. The number of nitrogen functional groups attached to an aromatic ring is 1. The molecule has 0 bridgehead atoms. The summed E-state index contributed by atoms with van der Waals surface area (Å²) in [5.74, 6) is -2.01. The lowest BCUT2D eigenvalue weighted by atomic mass is 10.1. The predicted molar refractivity (Wildman–Crippen MR) is 62.3 cm³/mol. The van der Waals surface area contributed by atoms with Crippen LogP contribution in [0.2, 0.25) is 0 Å². The first-order chi connectivity index (χ1) is 7.82. The minimum atomic E-state index is -0.807. The summed E-state index contributed by atoms with van der Waals surface area (Å²) in [6.07, 6.45) is -0.703. The van der Waals surface area contributed by atoms with E-state index in [9.17, 15) is 8.78 Å². The first-order valence-electron chi connectivity index (χ1n) is 5.05. The zero-order chi connectivity index (χ0) is 13.2. The lowest BCUT2D eigenvalue weighted by Crippen LogP contribution is -2.28. The summed E-state index contributed by atoms with van der Waals surface area (Å²) in [4.78, 5) is 1.28. The van der Waals surface area contributed by atoms with Crippen LogP contribution in [-0.2, 0) is 0 Å². The maximum absolute atomic E-state index is 13.7. The molecule has 1 rings (SSSR count). The number of benzene rings is 1. The van der Waals surface area contributed by atoms with Crippen LogP contribution in [0.5, 0.6) is 0 Å². The molecule has 6 heteroatoms. The van der Waals surface area contributed by atoms with Gasteiger partial charge < -0.3 is 15.7 Å². The van der Waals surface area contributed by atoms with Crippen LogP contribution in [0, 0.1) is 17.0 Å². The van der Waals surface area contributed by atoms with Crippen LogP contribution in [-0.4, -0.2) is 30.6 Å². The molecule has 0 aliphatic carbocycles. The van der Waals surface area contributed by atoms with Gasteiger partial charge in [0.15, 0.2) is 0 Å². The second-order valence-corrected chi connectivity index (χ2v) is 3.93. The number of hydrogen-bond donors (Lipinski definition) is 3. The highest BCUT2D eigenvalue weighted by Crippen LogP contribution is 2.24. The van der Waals surface area contributed by atoms with Crippen LogP contribution < -0.4 is 10.6 Å². The Labute approximate surface area is 98.2 Å². The Hall–Kier alpha value is -1.69. The Morgan fingerprint density at radius 3 is 2.29 bits per heavy atom. The van der Waals surface area contributed by atoms with Gasteiger partial charge in [0.05, 0.1) is 6.10 Å². The number of rotatable bonds is 4. The fraction of sp³-hybridized carbons (Fsp3) is 0.364. The molecule has 17 heavy (non-hydrogen) atoms. The van der Waals surface area contributed by atoms with E-state index in [2.05, 4.69) is 0 Å². The van der Waals surface area contributed by atoms with E-state index < -0.39 is 23.6 Å². The molecule has 0 aliphatic rings. The van der Waals surface area contributed by atoms with Gasteiger partial charge in [-0.3, -0.25) is 5.41 Å². The van der Waals surface area contributed by atoms with Gasteiger partial charge in [-0.1, -0.05) is 0 Å². The standard InChI is InChI=1S/C11H15F2N3O/c1-6(17)5-16(2)10-8(12)3-7(11(14)15)4-9(10)13/h3-4,6,17H,5H2,1-2H3,(H3,14,15). The third-order valence-electron chi connectivity index (χ3n) is 2.25. The number of nitrogens with one attached hydrogen (secondary N) is 1. The number of hydrogen-bond acceptors (Lipinski definition) is 3. The lowest BCUT2D eigenvalue weighted by Gasteiger charge is -2.22. The van der Waals surface area contributed by atoms with E-state index in [0.29, 0.717) is 0 Å². The van der Waals surface area contributed by atoms with Crippen LogP contribution in [0.3, 0.4) is 0 Å². The fourth-order valence-electron chi connectivity index (χ4n) is 1.57. The summed E-state index contributed by atoms with van der Waals surface area (Å²) < 4.78 is 27.3. The van der Waals surface area contributed by atoms with Crippen molar-refractivity contribution in [2.45, 2.75) is 13.0 Å². The maximum Gasteiger partial charge on any atom is 0.150 e. The average molecular weight is 243 g/mol. The summed E-state index contributed by atoms with van der Waals surface area (Å²) in [6.45, 7) is 1.63. The molecule has 0 amide bonds. The highest BCUT2D eigenvalue weighted by Gasteiger charge is 2.17. The Bertz CT molecular complexity index is 412. The highest BCUT2D eigenvalue weighted by molar-refractivity contribution is 5.95. The number of nitrogens with two attached hydrogens (primary N) is 1. The Morgan fingerprint density at radius 2 is 1.94 bits per heavy atom. The zero-order valence-electron chi connectivity index (χ0n) is 9.67. The summed E-state index contributed by atoms with van der Waals surface area (Å²) >= 11 is 0. The largest absolute Gasteiger partial charge is 0.392 e. The molecule has 94 valence electrons. The maximum atomic E-state index is 13.7. The Kier molecular flexibility index (Phi) is 4.01. The van der Waals surface area contributed by atoms with Crippen molar-refractivity contribution >= 4 is 11.5 Å². The van der Waals surface area contributed by atoms with Crippen LogP contribution >= 0.6 is 0 Å². The molecule has 1 unspecified atom stereocenters. The monoisotopic (exact) mass is 243 g/mol. The van der Waals surface area contributed by atoms with Gasteiger partial charge in [0.1, 0.15) is 23.2 Å². The molecule has 4 N–H and O–H groups in total. The number of likely N-dealkylation sites (N-methyl/N-ethyl adjacent to an activating group) is 1. The SMILES string of the molecule is CC(O)CN(C)c1c(F)cc(C(=N)N)cc1F. The number of aliphatic hydroxyl groups is 1.